The molecular formula is C9H10N4. The summed E-state index contributed by atoms with van der Waals surface area (Å²) >= 11 is 0. The van der Waals surface area contributed by atoms with Gasteiger partial charge in [0.15, 0.2) is 5.96 Å². The van der Waals surface area contributed by atoms with E-state index in [-0.39, 0.29) is 5.96 Å². The third-order valence-electron chi connectivity index (χ3n) is 1.49. The Hall–Kier alpha value is -2.02. The molecule has 13 heavy (non-hydrogen) atoms. The summed E-state index contributed by atoms with van der Waals surface area (Å²) in [5.74, 6) is -0.103. The molecule has 0 aliphatic rings. The van der Waals surface area contributed by atoms with E-state index in [1.54, 1.807) is 12.1 Å². The summed E-state index contributed by atoms with van der Waals surface area (Å²) in [6, 6.07) is 9.32. The highest BCUT2D eigenvalue weighted by atomic mass is 15.0. The number of hydrogen-bond donors (Lipinski definition) is 3. The van der Waals surface area contributed by atoms with Crippen molar-refractivity contribution in [3.8, 4) is 6.07 Å². The molecule has 0 saturated heterocycles. The smallest absolute Gasteiger partial charge is 0.190 e. The first-order valence-corrected chi connectivity index (χ1v) is 3.79. The van der Waals surface area contributed by atoms with E-state index in [4.69, 9.17) is 16.4 Å². The summed E-state index contributed by atoms with van der Waals surface area (Å²) in [6.07, 6.45) is 0.368. The number of guanidine groups is 1. The Morgan fingerprint density at radius 3 is 3.00 bits per heavy atom. The van der Waals surface area contributed by atoms with Gasteiger partial charge in [0, 0.05) is 5.69 Å². The number of hydrogen-bond acceptors (Lipinski definition) is 2. The Morgan fingerprint density at radius 2 is 2.38 bits per heavy atom. The molecule has 0 heterocycles. The van der Waals surface area contributed by atoms with Crippen molar-refractivity contribution in [3.63, 3.8) is 0 Å². The van der Waals surface area contributed by atoms with Crippen molar-refractivity contribution in [3.05, 3.63) is 29.8 Å². The lowest BCUT2D eigenvalue weighted by Crippen LogP contribution is -2.20. The third kappa shape index (κ3) is 2.83. The lowest BCUT2D eigenvalue weighted by Gasteiger charge is -2.03. The first-order chi connectivity index (χ1) is 6.22. The number of rotatable bonds is 2. The Balaban J connectivity index is 2.80. The monoisotopic (exact) mass is 174 g/mol. The molecule has 66 valence electrons. The van der Waals surface area contributed by atoms with Gasteiger partial charge in [-0.1, -0.05) is 12.1 Å². The highest BCUT2D eigenvalue weighted by Crippen LogP contribution is 2.10. The van der Waals surface area contributed by atoms with Gasteiger partial charge in [-0.05, 0) is 17.7 Å². The number of anilines is 1. The third-order valence-corrected chi connectivity index (χ3v) is 1.49. The Kier molecular flexibility index (Phi) is 2.87. The topological polar surface area (TPSA) is 85.7 Å². The average Bonchev–Trinajstić information content (AvgIpc) is 2.04. The van der Waals surface area contributed by atoms with Gasteiger partial charge in [0.2, 0.25) is 0 Å². The van der Waals surface area contributed by atoms with E-state index in [0.29, 0.717) is 6.42 Å². The lowest BCUT2D eigenvalue weighted by atomic mass is 10.1. The average molecular weight is 174 g/mol. The second-order valence-corrected chi connectivity index (χ2v) is 2.57. The van der Waals surface area contributed by atoms with Crippen LogP contribution in [-0.2, 0) is 6.42 Å². The van der Waals surface area contributed by atoms with Crippen LogP contribution in [0.25, 0.3) is 0 Å². The SMILES string of the molecule is N#CCc1cccc(NC(=N)N)c1. The molecule has 0 saturated carbocycles. The summed E-state index contributed by atoms with van der Waals surface area (Å²) in [4.78, 5) is 0. The number of nitriles is 1. The lowest BCUT2D eigenvalue weighted by molar-refractivity contribution is 1.26. The predicted octanol–water partition coefficient (Wildman–Crippen LogP) is 1.06. The summed E-state index contributed by atoms with van der Waals surface area (Å²) in [5.41, 5.74) is 6.80. The second kappa shape index (κ2) is 4.12. The zero-order valence-corrected chi connectivity index (χ0v) is 7.04. The van der Waals surface area contributed by atoms with Crippen LogP contribution in [-0.4, -0.2) is 5.96 Å². The molecule has 0 aliphatic carbocycles. The molecule has 1 aromatic rings. The van der Waals surface area contributed by atoms with E-state index in [0.717, 1.165) is 11.3 Å². The molecule has 0 aliphatic heterocycles. The molecule has 1 aromatic carbocycles. The van der Waals surface area contributed by atoms with E-state index in [1.807, 2.05) is 12.1 Å². The maximum Gasteiger partial charge on any atom is 0.190 e. The van der Waals surface area contributed by atoms with Gasteiger partial charge in [-0.15, -0.1) is 0 Å². The molecule has 0 aromatic heterocycles. The molecule has 4 N–H and O–H groups in total. The van der Waals surface area contributed by atoms with Crippen LogP contribution in [0.3, 0.4) is 0 Å². The number of nitrogens with one attached hydrogen (secondary N) is 2. The molecule has 4 nitrogen and oxygen atoms in total. The molecule has 0 bridgehead atoms. The van der Waals surface area contributed by atoms with Crippen molar-refractivity contribution >= 4 is 11.6 Å². The van der Waals surface area contributed by atoms with Crippen LogP contribution >= 0.6 is 0 Å². The van der Waals surface area contributed by atoms with Crippen molar-refractivity contribution in [2.45, 2.75) is 6.42 Å². The zero-order chi connectivity index (χ0) is 9.68. The minimum atomic E-state index is -0.103. The quantitative estimate of drug-likeness (QED) is 0.463. The van der Waals surface area contributed by atoms with Crippen LogP contribution in [0.15, 0.2) is 24.3 Å². The van der Waals surface area contributed by atoms with Crippen LogP contribution in [0.2, 0.25) is 0 Å². The minimum Gasteiger partial charge on any atom is -0.370 e. The van der Waals surface area contributed by atoms with Gasteiger partial charge in [-0.3, -0.25) is 5.41 Å². The molecular weight excluding hydrogens is 164 g/mol. The summed E-state index contributed by atoms with van der Waals surface area (Å²) in [6.45, 7) is 0. The van der Waals surface area contributed by atoms with E-state index in [9.17, 15) is 0 Å². The molecule has 0 amide bonds. The highest BCUT2D eigenvalue weighted by molar-refractivity contribution is 5.89. The molecule has 0 unspecified atom stereocenters. The van der Waals surface area contributed by atoms with Gasteiger partial charge in [-0.25, -0.2) is 0 Å². The Labute approximate surface area is 76.5 Å². The molecule has 0 fully saturated rings. The summed E-state index contributed by atoms with van der Waals surface area (Å²) in [5, 5.41) is 18.1. The first kappa shape index (κ1) is 9.07. The van der Waals surface area contributed by atoms with E-state index >= 15 is 0 Å². The van der Waals surface area contributed by atoms with Crippen molar-refractivity contribution in [1.82, 2.24) is 0 Å². The van der Waals surface area contributed by atoms with Crippen molar-refractivity contribution in [2.75, 3.05) is 5.32 Å². The van der Waals surface area contributed by atoms with Crippen molar-refractivity contribution < 1.29 is 0 Å². The highest BCUT2D eigenvalue weighted by Gasteiger charge is 1.95. The van der Waals surface area contributed by atoms with Crippen LogP contribution in [0.1, 0.15) is 5.56 Å². The predicted molar refractivity (Wildman–Crippen MR) is 51.3 cm³/mol. The normalized spacial score (nSPS) is 8.85. The van der Waals surface area contributed by atoms with E-state index < -0.39 is 0 Å². The van der Waals surface area contributed by atoms with Crippen molar-refractivity contribution in [2.24, 2.45) is 5.73 Å². The summed E-state index contributed by atoms with van der Waals surface area (Å²) in [7, 11) is 0. The van der Waals surface area contributed by atoms with E-state index in [1.165, 1.54) is 0 Å². The fourth-order valence-corrected chi connectivity index (χ4v) is 1.01. The van der Waals surface area contributed by atoms with Gasteiger partial charge < -0.3 is 11.1 Å². The second-order valence-electron chi connectivity index (χ2n) is 2.57. The molecule has 0 atom stereocenters. The van der Waals surface area contributed by atoms with Crippen LogP contribution in [0, 0.1) is 16.7 Å². The van der Waals surface area contributed by atoms with Gasteiger partial charge in [-0.2, -0.15) is 5.26 Å². The minimum absolute atomic E-state index is 0.103. The molecule has 4 heteroatoms. The summed E-state index contributed by atoms with van der Waals surface area (Å²) < 4.78 is 0. The molecule has 0 radical (unpaired) electrons. The van der Waals surface area contributed by atoms with Gasteiger partial charge in [0.25, 0.3) is 0 Å². The fourth-order valence-electron chi connectivity index (χ4n) is 1.01. The first-order valence-electron chi connectivity index (χ1n) is 3.79. The van der Waals surface area contributed by atoms with Crippen LogP contribution < -0.4 is 11.1 Å². The Bertz CT molecular complexity index is 351. The molecule has 1 rings (SSSR count). The van der Waals surface area contributed by atoms with Crippen molar-refractivity contribution in [1.29, 1.82) is 10.7 Å². The molecule has 0 spiro atoms. The maximum atomic E-state index is 8.46. The fraction of sp³-hybridized carbons (Fsp3) is 0.111. The van der Waals surface area contributed by atoms with Gasteiger partial charge in [0.05, 0.1) is 12.5 Å². The Morgan fingerprint density at radius 1 is 1.62 bits per heavy atom. The zero-order valence-electron chi connectivity index (χ0n) is 7.04. The van der Waals surface area contributed by atoms with Crippen LogP contribution in [0.4, 0.5) is 5.69 Å². The number of nitrogens with two attached hydrogens (primary N) is 1. The van der Waals surface area contributed by atoms with Gasteiger partial charge in [0.1, 0.15) is 0 Å². The number of nitrogens with zero attached hydrogens (tertiary/aromatic N) is 1. The van der Waals surface area contributed by atoms with Gasteiger partial charge >= 0.3 is 0 Å². The van der Waals surface area contributed by atoms with Crippen LogP contribution in [0.5, 0.6) is 0 Å². The standard InChI is InChI=1S/C9H10N4/c10-5-4-7-2-1-3-8(6-7)13-9(11)12/h1-3,6H,4H2,(H4,11,12,13). The maximum absolute atomic E-state index is 8.46. The largest absolute Gasteiger partial charge is 0.370 e. The number of benzene rings is 1. The van der Waals surface area contributed by atoms with E-state index in [2.05, 4.69) is 11.4 Å².